The van der Waals surface area contributed by atoms with Crippen LogP contribution in [0.15, 0.2) is 59.1 Å². The molecule has 3 rings (SSSR count). The van der Waals surface area contributed by atoms with Crippen LogP contribution in [0.5, 0.6) is 5.75 Å². The second-order valence-corrected chi connectivity index (χ2v) is 8.05. The molecule has 0 aliphatic heterocycles. The predicted octanol–water partition coefficient (Wildman–Crippen LogP) is 2.75. The maximum absolute atomic E-state index is 12.1. The Balaban J connectivity index is 1.71. The molecule has 0 aliphatic carbocycles. The lowest BCUT2D eigenvalue weighted by molar-refractivity contribution is 0.318. The number of rotatable bonds is 8. The predicted molar refractivity (Wildman–Crippen MR) is 102 cm³/mol. The smallest absolute Gasteiger partial charge is 0.242 e. The van der Waals surface area contributed by atoms with Crippen LogP contribution in [-0.4, -0.2) is 42.8 Å². The Hall–Kier alpha value is -2.71. The van der Waals surface area contributed by atoms with Gasteiger partial charge >= 0.3 is 0 Å². The minimum atomic E-state index is -3.41. The quantitative estimate of drug-likeness (QED) is 0.591. The van der Waals surface area contributed by atoms with Gasteiger partial charge in [-0.15, -0.1) is 0 Å². The maximum Gasteiger partial charge on any atom is 0.242 e. The van der Waals surface area contributed by atoms with Gasteiger partial charge in [-0.1, -0.05) is 35.5 Å². The molecule has 2 aromatic carbocycles. The fourth-order valence-corrected chi connectivity index (χ4v) is 3.36. The Kier molecular flexibility index (Phi) is 5.88. The van der Waals surface area contributed by atoms with Crippen molar-refractivity contribution in [3.8, 4) is 17.1 Å². The number of benzene rings is 2. The third-order valence-electron chi connectivity index (χ3n) is 4.09. The lowest BCUT2D eigenvalue weighted by Crippen LogP contribution is -2.31. The topological polar surface area (TPSA) is 85.5 Å². The summed E-state index contributed by atoms with van der Waals surface area (Å²) < 4.78 is 36.0. The molecule has 1 heterocycles. The molecule has 0 atom stereocenters. The van der Waals surface area contributed by atoms with E-state index in [0.717, 1.165) is 16.9 Å². The highest BCUT2D eigenvalue weighted by atomic mass is 32.2. The van der Waals surface area contributed by atoms with Crippen LogP contribution in [0.4, 0.5) is 0 Å². The number of hydrogen-bond acceptors (Lipinski definition) is 6. The summed E-state index contributed by atoms with van der Waals surface area (Å²) in [6, 6.07) is 17.0. The SMILES string of the molecule is COc1ccc(-c2noc(CN(CCc3ccccc3)S(C)(=O)=O)n2)cc1. The van der Waals surface area contributed by atoms with Gasteiger partial charge in [-0.2, -0.15) is 9.29 Å². The molecule has 0 bridgehead atoms. The molecule has 0 N–H and O–H groups in total. The number of ether oxygens (including phenoxy) is 1. The van der Waals surface area contributed by atoms with Gasteiger partial charge in [-0.05, 0) is 36.2 Å². The fourth-order valence-electron chi connectivity index (χ4n) is 2.59. The van der Waals surface area contributed by atoms with Gasteiger partial charge in [-0.25, -0.2) is 8.42 Å². The van der Waals surface area contributed by atoms with Gasteiger partial charge in [0.2, 0.25) is 21.7 Å². The highest BCUT2D eigenvalue weighted by molar-refractivity contribution is 7.88. The summed E-state index contributed by atoms with van der Waals surface area (Å²) >= 11 is 0. The van der Waals surface area contributed by atoms with Crippen molar-refractivity contribution < 1.29 is 17.7 Å². The van der Waals surface area contributed by atoms with Crippen molar-refractivity contribution in [2.75, 3.05) is 19.9 Å². The molecule has 0 spiro atoms. The van der Waals surface area contributed by atoms with E-state index in [1.54, 1.807) is 19.2 Å². The van der Waals surface area contributed by atoms with Gasteiger partial charge in [0.05, 0.1) is 19.9 Å². The van der Waals surface area contributed by atoms with Crippen LogP contribution in [0.2, 0.25) is 0 Å². The van der Waals surface area contributed by atoms with Gasteiger partial charge in [0, 0.05) is 12.1 Å². The fraction of sp³-hybridized carbons (Fsp3) is 0.263. The number of sulfonamides is 1. The zero-order valence-corrected chi connectivity index (χ0v) is 16.0. The lowest BCUT2D eigenvalue weighted by atomic mass is 10.1. The first kappa shape index (κ1) is 19.1. The standard InChI is InChI=1S/C19H21N3O4S/c1-25-17-10-8-16(9-11-17)19-20-18(26-21-19)14-22(27(2,23)24)13-12-15-6-4-3-5-7-15/h3-11H,12-14H2,1-2H3. The first-order valence-electron chi connectivity index (χ1n) is 8.42. The van der Waals surface area contributed by atoms with E-state index < -0.39 is 10.0 Å². The molecule has 1 aromatic heterocycles. The molecule has 8 heteroatoms. The Morgan fingerprint density at radius 1 is 1.07 bits per heavy atom. The van der Waals surface area contributed by atoms with Gasteiger partial charge in [-0.3, -0.25) is 0 Å². The van der Waals surface area contributed by atoms with Crippen LogP contribution in [0.3, 0.4) is 0 Å². The van der Waals surface area contributed by atoms with E-state index in [9.17, 15) is 8.42 Å². The van der Waals surface area contributed by atoms with Crippen molar-refractivity contribution in [3.05, 3.63) is 66.1 Å². The number of hydrogen-bond donors (Lipinski definition) is 0. The zero-order valence-electron chi connectivity index (χ0n) is 15.2. The number of aromatic nitrogens is 2. The largest absolute Gasteiger partial charge is 0.497 e. The van der Waals surface area contributed by atoms with Crippen LogP contribution in [0.25, 0.3) is 11.4 Å². The number of nitrogens with zero attached hydrogens (tertiary/aromatic N) is 3. The van der Waals surface area contributed by atoms with E-state index in [-0.39, 0.29) is 12.4 Å². The van der Waals surface area contributed by atoms with Crippen LogP contribution in [0.1, 0.15) is 11.5 Å². The molecule has 142 valence electrons. The zero-order chi connectivity index (χ0) is 19.3. The van der Waals surface area contributed by atoms with E-state index in [1.807, 2.05) is 42.5 Å². The molecule has 0 unspecified atom stereocenters. The molecule has 0 saturated heterocycles. The van der Waals surface area contributed by atoms with E-state index in [2.05, 4.69) is 10.1 Å². The highest BCUT2D eigenvalue weighted by Gasteiger charge is 2.20. The Labute approximate surface area is 158 Å². The Morgan fingerprint density at radius 3 is 2.41 bits per heavy atom. The van der Waals surface area contributed by atoms with Gasteiger partial charge in [0.15, 0.2) is 0 Å². The third-order valence-corrected chi connectivity index (χ3v) is 5.34. The Bertz CT molecular complexity index is 970. The monoisotopic (exact) mass is 387 g/mol. The van der Waals surface area contributed by atoms with E-state index in [4.69, 9.17) is 9.26 Å². The molecule has 0 fully saturated rings. The molecule has 0 radical (unpaired) electrons. The molecule has 0 aliphatic rings. The average molecular weight is 387 g/mol. The van der Waals surface area contributed by atoms with E-state index in [1.165, 1.54) is 10.6 Å². The van der Waals surface area contributed by atoms with E-state index in [0.29, 0.717) is 18.8 Å². The third kappa shape index (κ3) is 5.15. The molecule has 0 amide bonds. The average Bonchev–Trinajstić information content (AvgIpc) is 3.14. The second-order valence-electron chi connectivity index (χ2n) is 6.07. The summed E-state index contributed by atoms with van der Waals surface area (Å²) in [7, 11) is -1.81. The summed E-state index contributed by atoms with van der Waals surface area (Å²) in [6.45, 7) is 0.373. The van der Waals surface area contributed by atoms with Gasteiger partial charge in [0.1, 0.15) is 5.75 Å². The Morgan fingerprint density at radius 2 is 1.78 bits per heavy atom. The van der Waals surface area contributed by atoms with Crippen LogP contribution < -0.4 is 4.74 Å². The molecule has 3 aromatic rings. The van der Waals surface area contributed by atoms with Crippen LogP contribution >= 0.6 is 0 Å². The lowest BCUT2D eigenvalue weighted by Gasteiger charge is -2.17. The van der Waals surface area contributed by atoms with Gasteiger partial charge in [0.25, 0.3) is 0 Å². The van der Waals surface area contributed by atoms with Crippen molar-refractivity contribution >= 4 is 10.0 Å². The van der Waals surface area contributed by atoms with Crippen molar-refractivity contribution in [3.63, 3.8) is 0 Å². The summed E-state index contributed by atoms with van der Waals surface area (Å²) in [5.41, 5.74) is 1.83. The minimum absolute atomic E-state index is 0.0365. The van der Waals surface area contributed by atoms with E-state index >= 15 is 0 Å². The molecular weight excluding hydrogens is 366 g/mol. The molecule has 7 nitrogen and oxygen atoms in total. The molecule has 0 saturated carbocycles. The first-order valence-corrected chi connectivity index (χ1v) is 10.3. The molecular formula is C19H21N3O4S. The highest BCUT2D eigenvalue weighted by Crippen LogP contribution is 2.20. The van der Waals surface area contributed by atoms with Crippen molar-refractivity contribution in [1.29, 1.82) is 0 Å². The summed E-state index contributed by atoms with van der Waals surface area (Å²) in [4.78, 5) is 4.32. The van der Waals surface area contributed by atoms with Crippen molar-refractivity contribution in [1.82, 2.24) is 14.4 Å². The summed E-state index contributed by atoms with van der Waals surface area (Å²) in [6.07, 6.45) is 1.78. The summed E-state index contributed by atoms with van der Waals surface area (Å²) in [5, 5.41) is 3.95. The molecule has 27 heavy (non-hydrogen) atoms. The normalized spacial score (nSPS) is 11.7. The number of methoxy groups -OCH3 is 1. The maximum atomic E-state index is 12.1. The first-order chi connectivity index (χ1) is 13.0. The van der Waals surface area contributed by atoms with Crippen molar-refractivity contribution in [2.24, 2.45) is 0 Å². The van der Waals surface area contributed by atoms with Gasteiger partial charge < -0.3 is 9.26 Å². The summed E-state index contributed by atoms with van der Waals surface area (Å²) in [5.74, 6) is 1.38. The second kappa shape index (κ2) is 8.32. The van der Waals surface area contributed by atoms with Crippen LogP contribution in [-0.2, 0) is 23.0 Å². The van der Waals surface area contributed by atoms with Crippen molar-refractivity contribution in [2.45, 2.75) is 13.0 Å². The van der Waals surface area contributed by atoms with Crippen LogP contribution in [0, 0.1) is 0 Å². The minimum Gasteiger partial charge on any atom is -0.497 e.